The number of hydrogen-bond donors (Lipinski definition) is 3. The van der Waals surface area contributed by atoms with Gasteiger partial charge in [0.1, 0.15) is 0 Å². The highest BCUT2D eigenvalue weighted by Gasteiger charge is 2.17. The smallest absolute Gasteiger partial charge is 0.253 e. The largest absolute Gasteiger partial charge is 0.396 e. The van der Waals surface area contributed by atoms with Crippen molar-refractivity contribution in [2.45, 2.75) is 32.7 Å². The number of para-hydroxylation sites is 1. The first-order valence-electron chi connectivity index (χ1n) is 6.62. The Bertz CT molecular complexity index is 575. The Morgan fingerprint density at radius 2 is 2.16 bits per heavy atom. The molecule has 1 amide bonds. The second-order valence-electron chi connectivity index (χ2n) is 4.91. The molecule has 0 saturated heterocycles. The van der Waals surface area contributed by atoms with Gasteiger partial charge in [-0.3, -0.25) is 4.79 Å². The zero-order valence-electron chi connectivity index (χ0n) is 11.4. The summed E-state index contributed by atoms with van der Waals surface area (Å²) in [6, 6.07) is 7.86. The normalized spacial score (nSPS) is 12.6. The van der Waals surface area contributed by atoms with E-state index in [0.29, 0.717) is 12.0 Å². The highest BCUT2D eigenvalue weighted by molar-refractivity contribution is 6.08. The lowest BCUT2D eigenvalue weighted by molar-refractivity contribution is 0.0937. The minimum Gasteiger partial charge on any atom is -0.396 e. The Kier molecular flexibility index (Phi) is 4.22. The van der Waals surface area contributed by atoms with Crippen LogP contribution < -0.4 is 5.32 Å². The summed E-state index contributed by atoms with van der Waals surface area (Å²) in [7, 11) is 0. The average Bonchev–Trinajstić information content (AvgIpc) is 2.72. The third-order valence-electron chi connectivity index (χ3n) is 3.29. The standard InChI is InChI=1S/C15H20N2O2/c1-10(6-5-9-18)16-15(19)14-11(2)17-13-8-4-3-7-12(13)14/h3-4,7-8,10,17-18H,5-6,9H2,1-2H3,(H,16,19). The molecule has 0 aliphatic carbocycles. The zero-order chi connectivity index (χ0) is 13.8. The van der Waals surface area contributed by atoms with Gasteiger partial charge in [0.05, 0.1) is 5.56 Å². The number of rotatable bonds is 5. The number of aliphatic hydroxyl groups excluding tert-OH is 1. The van der Waals surface area contributed by atoms with Crippen molar-refractivity contribution in [1.82, 2.24) is 10.3 Å². The maximum atomic E-state index is 12.3. The molecule has 0 saturated carbocycles. The molecule has 19 heavy (non-hydrogen) atoms. The summed E-state index contributed by atoms with van der Waals surface area (Å²) in [4.78, 5) is 15.5. The van der Waals surface area contributed by atoms with Crippen LogP contribution in [-0.2, 0) is 0 Å². The fourth-order valence-corrected chi connectivity index (χ4v) is 2.33. The Hall–Kier alpha value is -1.81. The van der Waals surface area contributed by atoms with Gasteiger partial charge in [0, 0.05) is 29.2 Å². The van der Waals surface area contributed by atoms with Crippen molar-refractivity contribution < 1.29 is 9.90 Å². The Morgan fingerprint density at radius 1 is 1.42 bits per heavy atom. The number of aryl methyl sites for hydroxylation is 1. The van der Waals surface area contributed by atoms with Crippen molar-refractivity contribution in [1.29, 1.82) is 0 Å². The number of aliphatic hydroxyl groups is 1. The van der Waals surface area contributed by atoms with Crippen LogP contribution in [0.1, 0.15) is 35.8 Å². The summed E-state index contributed by atoms with van der Waals surface area (Å²) in [5.41, 5.74) is 2.58. The molecular formula is C15H20N2O2. The van der Waals surface area contributed by atoms with Crippen LogP contribution in [0.5, 0.6) is 0 Å². The van der Waals surface area contributed by atoms with Gasteiger partial charge in [-0.25, -0.2) is 0 Å². The molecule has 0 radical (unpaired) electrons. The number of aromatic amines is 1. The minimum atomic E-state index is -0.0552. The van der Waals surface area contributed by atoms with E-state index in [1.807, 2.05) is 38.1 Å². The minimum absolute atomic E-state index is 0.0552. The zero-order valence-corrected chi connectivity index (χ0v) is 11.4. The lowest BCUT2D eigenvalue weighted by atomic mass is 10.1. The van der Waals surface area contributed by atoms with Crippen LogP contribution >= 0.6 is 0 Å². The van der Waals surface area contributed by atoms with Crippen LogP contribution in [0.3, 0.4) is 0 Å². The first-order chi connectivity index (χ1) is 9.13. The molecule has 1 unspecified atom stereocenters. The van der Waals surface area contributed by atoms with Gasteiger partial charge in [0.25, 0.3) is 5.91 Å². The van der Waals surface area contributed by atoms with E-state index in [2.05, 4.69) is 10.3 Å². The molecule has 0 aliphatic rings. The Balaban J connectivity index is 2.19. The molecule has 1 atom stereocenters. The van der Waals surface area contributed by atoms with Crippen LogP contribution in [0.4, 0.5) is 0 Å². The number of nitrogens with one attached hydrogen (secondary N) is 2. The highest BCUT2D eigenvalue weighted by Crippen LogP contribution is 2.21. The molecule has 4 nitrogen and oxygen atoms in total. The third kappa shape index (κ3) is 2.96. The first kappa shape index (κ1) is 13.6. The molecule has 3 N–H and O–H groups in total. The monoisotopic (exact) mass is 260 g/mol. The molecule has 2 rings (SSSR count). The van der Waals surface area contributed by atoms with E-state index >= 15 is 0 Å². The lowest BCUT2D eigenvalue weighted by Crippen LogP contribution is -2.32. The van der Waals surface area contributed by atoms with Crippen LogP contribution in [0.2, 0.25) is 0 Å². The summed E-state index contributed by atoms with van der Waals surface area (Å²) in [5, 5.41) is 12.7. The number of H-pyrrole nitrogens is 1. The number of carbonyl (C=O) groups is 1. The number of fused-ring (bicyclic) bond motifs is 1. The summed E-state index contributed by atoms with van der Waals surface area (Å²) in [5.74, 6) is -0.0552. The first-order valence-corrected chi connectivity index (χ1v) is 6.62. The average molecular weight is 260 g/mol. The van der Waals surface area contributed by atoms with Gasteiger partial charge in [0.2, 0.25) is 0 Å². The van der Waals surface area contributed by atoms with E-state index in [0.717, 1.165) is 23.0 Å². The Morgan fingerprint density at radius 3 is 2.89 bits per heavy atom. The van der Waals surface area contributed by atoms with E-state index in [-0.39, 0.29) is 18.6 Å². The molecule has 1 aromatic carbocycles. The van der Waals surface area contributed by atoms with Crippen LogP contribution in [0.15, 0.2) is 24.3 Å². The summed E-state index contributed by atoms with van der Waals surface area (Å²) in [6.07, 6.45) is 1.48. The van der Waals surface area contributed by atoms with Crippen LogP contribution in [0.25, 0.3) is 10.9 Å². The van der Waals surface area contributed by atoms with Crippen molar-refractivity contribution in [2.24, 2.45) is 0 Å². The number of aromatic nitrogens is 1. The second-order valence-corrected chi connectivity index (χ2v) is 4.91. The van der Waals surface area contributed by atoms with Gasteiger partial charge in [-0.05, 0) is 32.8 Å². The SMILES string of the molecule is Cc1[nH]c2ccccc2c1C(=O)NC(C)CCCO. The van der Waals surface area contributed by atoms with Crippen molar-refractivity contribution >= 4 is 16.8 Å². The predicted molar refractivity (Wildman–Crippen MR) is 76.3 cm³/mol. The van der Waals surface area contributed by atoms with Crippen LogP contribution in [0, 0.1) is 6.92 Å². The lowest BCUT2D eigenvalue weighted by Gasteiger charge is -2.13. The van der Waals surface area contributed by atoms with Gasteiger partial charge in [-0.2, -0.15) is 0 Å². The summed E-state index contributed by atoms with van der Waals surface area (Å²) < 4.78 is 0. The number of benzene rings is 1. The molecule has 0 fully saturated rings. The predicted octanol–water partition coefficient (Wildman–Crippen LogP) is 2.37. The highest BCUT2D eigenvalue weighted by atomic mass is 16.3. The van der Waals surface area contributed by atoms with Gasteiger partial charge in [-0.1, -0.05) is 18.2 Å². The van der Waals surface area contributed by atoms with Gasteiger partial charge in [-0.15, -0.1) is 0 Å². The van der Waals surface area contributed by atoms with E-state index in [9.17, 15) is 4.79 Å². The van der Waals surface area contributed by atoms with Crippen molar-refractivity contribution in [3.63, 3.8) is 0 Å². The molecular weight excluding hydrogens is 240 g/mol. The molecule has 0 spiro atoms. The van der Waals surface area contributed by atoms with E-state index < -0.39 is 0 Å². The molecule has 0 bridgehead atoms. The molecule has 4 heteroatoms. The molecule has 1 heterocycles. The van der Waals surface area contributed by atoms with Crippen molar-refractivity contribution in [3.8, 4) is 0 Å². The quantitative estimate of drug-likeness (QED) is 0.772. The third-order valence-corrected chi connectivity index (χ3v) is 3.29. The summed E-state index contributed by atoms with van der Waals surface area (Å²) >= 11 is 0. The molecule has 2 aromatic rings. The van der Waals surface area contributed by atoms with E-state index in [4.69, 9.17) is 5.11 Å². The number of carbonyl (C=O) groups excluding carboxylic acids is 1. The number of amides is 1. The molecule has 1 aromatic heterocycles. The van der Waals surface area contributed by atoms with Gasteiger partial charge < -0.3 is 15.4 Å². The second kappa shape index (κ2) is 5.89. The van der Waals surface area contributed by atoms with Crippen LogP contribution in [-0.4, -0.2) is 28.6 Å². The number of hydrogen-bond acceptors (Lipinski definition) is 2. The summed E-state index contributed by atoms with van der Waals surface area (Å²) in [6.45, 7) is 4.03. The maximum Gasteiger partial charge on any atom is 0.253 e. The van der Waals surface area contributed by atoms with Gasteiger partial charge >= 0.3 is 0 Å². The van der Waals surface area contributed by atoms with E-state index in [1.54, 1.807) is 0 Å². The molecule has 0 aliphatic heterocycles. The fraction of sp³-hybridized carbons (Fsp3) is 0.400. The Labute approximate surface area is 112 Å². The topological polar surface area (TPSA) is 65.1 Å². The van der Waals surface area contributed by atoms with E-state index in [1.165, 1.54) is 0 Å². The van der Waals surface area contributed by atoms with Crippen molar-refractivity contribution in [3.05, 3.63) is 35.5 Å². The molecule has 102 valence electrons. The maximum absolute atomic E-state index is 12.3. The fourth-order valence-electron chi connectivity index (χ4n) is 2.33. The van der Waals surface area contributed by atoms with Gasteiger partial charge in [0.15, 0.2) is 0 Å². The van der Waals surface area contributed by atoms with Crippen molar-refractivity contribution in [2.75, 3.05) is 6.61 Å².